The monoisotopic (exact) mass is 153 g/mol. The van der Waals surface area contributed by atoms with E-state index < -0.39 is 8.03 Å². The summed E-state index contributed by atoms with van der Waals surface area (Å²) in [4.78, 5) is 8.33. The van der Waals surface area contributed by atoms with Crippen LogP contribution in [0.3, 0.4) is 0 Å². The van der Waals surface area contributed by atoms with Crippen LogP contribution in [0.4, 0.5) is 0 Å². The van der Waals surface area contributed by atoms with Crippen LogP contribution in [0, 0.1) is 0 Å². The molecule has 9 heavy (non-hydrogen) atoms. The molecule has 0 spiro atoms. The van der Waals surface area contributed by atoms with Gasteiger partial charge in [-0.05, 0) is 17.9 Å². The molecule has 2 atom stereocenters. The van der Waals surface area contributed by atoms with E-state index in [1.165, 1.54) is 0 Å². The molecule has 0 saturated carbocycles. The van der Waals surface area contributed by atoms with E-state index >= 15 is 0 Å². The molecule has 0 aliphatic heterocycles. The quantitative estimate of drug-likeness (QED) is 0.619. The summed E-state index contributed by atoms with van der Waals surface area (Å²) in [5, 5.41) is 0. The second-order valence-corrected chi connectivity index (χ2v) is 3.05. The number of rotatable bonds is 2. The average molecular weight is 153 g/mol. The smallest absolute Gasteiger partial charge is 0.161 e. The normalized spacial score (nSPS) is 12.6. The van der Waals surface area contributed by atoms with Gasteiger partial charge in [0, 0.05) is 0 Å². The van der Waals surface area contributed by atoms with Crippen molar-refractivity contribution in [1.82, 2.24) is 0 Å². The highest BCUT2D eigenvalue weighted by Gasteiger charge is 2.19. The third-order valence-corrected chi connectivity index (χ3v) is 2.09. The van der Waals surface area contributed by atoms with Gasteiger partial charge in [-0.2, -0.15) is 4.89 Å². The van der Waals surface area contributed by atoms with Crippen LogP contribution < -0.4 is 0 Å². The number of hydrogen-bond donors (Lipinski definition) is 1. The van der Waals surface area contributed by atoms with Crippen LogP contribution in [0.15, 0.2) is 0 Å². The van der Waals surface area contributed by atoms with Gasteiger partial charge in [-0.15, -0.1) is 0 Å². The van der Waals surface area contributed by atoms with Crippen LogP contribution >= 0.6 is 8.03 Å². The van der Waals surface area contributed by atoms with Crippen LogP contribution in [0.25, 0.3) is 0 Å². The van der Waals surface area contributed by atoms with Crippen molar-refractivity contribution in [3.8, 4) is 0 Å². The molecule has 0 radical (unpaired) electrons. The maximum absolute atomic E-state index is 10.1. The van der Waals surface area contributed by atoms with E-state index in [2.05, 4.69) is 0 Å². The highest BCUT2D eigenvalue weighted by molar-refractivity contribution is 7.38. The molecular weight excluding hydrogens is 135 g/mol. The fourth-order valence-electron chi connectivity index (χ4n) is 0.156. The lowest BCUT2D eigenvalue weighted by molar-refractivity contribution is 0.490. The Hall–Kier alpha value is 0.0600. The van der Waals surface area contributed by atoms with Crippen molar-refractivity contribution in [3.63, 3.8) is 0 Å². The van der Waals surface area contributed by atoms with E-state index in [-0.39, 0.29) is 20.5 Å². The summed E-state index contributed by atoms with van der Waals surface area (Å²) < 4.78 is 10.1. The van der Waals surface area contributed by atoms with Crippen LogP contribution in [0.2, 0.25) is 0 Å². The van der Waals surface area contributed by atoms with Crippen molar-refractivity contribution in [1.29, 1.82) is 0 Å². The lowest BCUT2D eigenvalue weighted by Gasteiger charge is -1.83. The van der Waals surface area contributed by atoms with Crippen LogP contribution in [-0.2, 0) is 4.57 Å². The third kappa shape index (κ3) is 8.06. The molecule has 0 aliphatic rings. The summed E-state index contributed by atoms with van der Waals surface area (Å²) in [5.74, 6) is 0. The predicted molar refractivity (Wildman–Crippen MR) is 43.0 cm³/mol. The van der Waals surface area contributed by atoms with Crippen molar-refractivity contribution in [3.05, 3.63) is 0 Å². The summed E-state index contributed by atoms with van der Waals surface area (Å²) in [6.07, 6.45) is 0.783. The highest BCUT2D eigenvalue weighted by Crippen LogP contribution is 2.23. The first-order valence-corrected chi connectivity index (χ1v) is 3.62. The fraction of sp³-hybridized carbons (Fsp3) is 1.00. The summed E-state index contributed by atoms with van der Waals surface area (Å²) in [5.41, 5.74) is -0.0324. The van der Waals surface area contributed by atoms with Crippen molar-refractivity contribution in [2.75, 3.05) is 0 Å². The van der Waals surface area contributed by atoms with E-state index in [0.717, 1.165) is 6.42 Å². The largest absolute Gasteiger partial charge is 0.508 e. The summed E-state index contributed by atoms with van der Waals surface area (Å²) in [6.45, 7) is 3.66. The highest BCUT2D eigenvalue weighted by atomic mass is 31.1. The Balaban J connectivity index is -0.000000180. The van der Waals surface area contributed by atoms with E-state index in [1.54, 1.807) is 6.92 Å². The molecule has 2 nitrogen and oxygen atoms in total. The van der Waals surface area contributed by atoms with Gasteiger partial charge in [0.1, 0.15) is 0 Å². The molecule has 0 aromatic carbocycles. The van der Waals surface area contributed by atoms with E-state index in [9.17, 15) is 4.57 Å². The summed E-state index contributed by atoms with van der Waals surface area (Å²) >= 11 is 0. The first kappa shape index (κ1) is 16.0. The van der Waals surface area contributed by atoms with Gasteiger partial charge in [0.25, 0.3) is 0 Å². The van der Waals surface area contributed by atoms with Crippen molar-refractivity contribution in [2.45, 2.75) is 40.8 Å². The molecule has 0 aromatic heterocycles. The van der Waals surface area contributed by atoms with Gasteiger partial charge in [0.15, 0.2) is 5.66 Å². The molecule has 0 saturated heterocycles. The van der Waals surface area contributed by atoms with Gasteiger partial charge in [0.05, 0.1) is 0 Å². The van der Waals surface area contributed by atoms with Crippen molar-refractivity contribution < 1.29 is 9.46 Å². The van der Waals surface area contributed by atoms with Crippen LogP contribution in [0.5, 0.6) is 0 Å². The zero-order chi connectivity index (χ0) is 5.86. The van der Waals surface area contributed by atoms with Gasteiger partial charge < -0.3 is 0 Å². The van der Waals surface area contributed by atoms with Crippen LogP contribution in [0.1, 0.15) is 35.1 Å². The molecule has 0 bridgehead atoms. The molecule has 58 valence electrons. The Labute approximate surface area is 59.2 Å². The van der Waals surface area contributed by atoms with Gasteiger partial charge in [0.2, 0.25) is 0 Å². The van der Waals surface area contributed by atoms with Gasteiger partial charge >= 0.3 is 8.03 Å². The van der Waals surface area contributed by atoms with Crippen molar-refractivity contribution in [2.24, 2.45) is 0 Å². The maximum Gasteiger partial charge on any atom is 0.508 e. The minimum absolute atomic E-state index is 0. The van der Waals surface area contributed by atoms with Crippen LogP contribution in [-0.4, -0.2) is 10.6 Å². The van der Waals surface area contributed by atoms with Gasteiger partial charge in [-0.25, -0.2) is 0 Å². The standard InChI is InChI=1S/C4H9O2P.2CH4/c1-3-4(2)7(5)6;;/h4H,3H2,1-2H3;2*1H4/p+1. The molecule has 3 heteroatoms. The summed E-state index contributed by atoms with van der Waals surface area (Å²) in [6, 6.07) is 0. The first-order valence-electron chi connectivity index (χ1n) is 2.33. The average Bonchev–Trinajstić information content (AvgIpc) is 1.65. The lowest BCUT2D eigenvalue weighted by Crippen LogP contribution is -1.89. The fourth-order valence-corrected chi connectivity index (χ4v) is 0.469. The topological polar surface area (TPSA) is 37.3 Å². The zero-order valence-corrected chi connectivity index (χ0v) is 5.48. The maximum atomic E-state index is 10.1. The molecular formula is C6H18O2P+. The molecule has 0 fully saturated rings. The Morgan fingerprint density at radius 1 is 1.56 bits per heavy atom. The zero-order valence-electron chi connectivity index (χ0n) is 4.59. The molecule has 0 aliphatic carbocycles. The van der Waals surface area contributed by atoms with E-state index in [1.807, 2.05) is 6.92 Å². The van der Waals surface area contributed by atoms with E-state index in [4.69, 9.17) is 4.89 Å². The second kappa shape index (κ2) is 8.06. The molecule has 0 rings (SSSR count). The predicted octanol–water partition coefficient (Wildman–Crippen LogP) is 2.79. The third-order valence-electron chi connectivity index (χ3n) is 0.968. The van der Waals surface area contributed by atoms with Gasteiger partial charge in [-0.1, -0.05) is 21.8 Å². The van der Waals surface area contributed by atoms with Gasteiger partial charge in [-0.3, -0.25) is 0 Å². The Morgan fingerprint density at radius 3 is 1.89 bits per heavy atom. The van der Waals surface area contributed by atoms with E-state index in [0.29, 0.717) is 0 Å². The second-order valence-electron chi connectivity index (χ2n) is 1.56. The first-order chi connectivity index (χ1) is 3.18. The Bertz CT molecular complexity index is 73.5. The molecule has 1 N–H and O–H groups in total. The minimum Gasteiger partial charge on any atom is -0.161 e. The SMILES string of the molecule is C.C.CCC(C)[P+](=O)O. The Morgan fingerprint density at radius 2 is 1.89 bits per heavy atom. The molecule has 2 unspecified atom stereocenters. The summed E-state index contributed by atoms with van der Waals surface area (Å²) in [7, 11) is -1.91. The molecule has 0 aromatic rings. The molecule has 0 amide bonds. The number of hydrogen-bond acceptors (Lipinski definition) is 1. The molecule has 0 heterocycles. The van der Waals surface area contributed by atoms with Crippen molar-refractivity contribution >= 4 is 8.03 Å². The Kier molecular flexibility index (Phi) is 14.4. The minimum atomic E-state index is -1.91. The lowest BCUT2D eigenvalue weighted by atomic mass is 10.4.